The summed E-state index contributed by atoms with van der Waals surface area (Å²) < 4.78 is 4.83. The fraction of sp³-hybridized carbons (Fsp3) is 0.400. The predicted molar refractivity (Wildman–Crippen MR) is 86.1 cm³/mol. The van der Waals surface area contributed by atoms with Crippen LogP contribution in [0.1, 0.15) is 17.3 Å². The highest BCUT2D eigenvalue weighted by Gasteiger charge is 2.24. The lowest BCUT2D eigenvalue weighted by Crippen LogP contribution is -2.49. The number of nitro benzene ring substituents is 1. The highest BCUT2D eigenvalue weighted by Crippen LogP contribution is 2.13. The molecule has 0 saturated heterocycles. The molecule has 1 unspecified atom stereocenters. The Morgan fingerprint density at radius 3 is 2.64 bits per heavy atom. The van der Waals surface area contributed by atoms with Gasteiger partial charge in [0.2, 0.25) is 5.91 Å². The van der Waals surface area contributed by atoms with Gasteiger partial charge in [-0.15, -0.1) is 0 Å². The lowest BCUT2D eigenvalue weighted by Gasteiger charge is -2.24. The van der Waals surface area contributed by atoms with E-state index in [1.165, 1.54) is 32.2 Å². The summed E-state index contributed by atoms with van der Waals surface area (Å²) in [4.78, 5) is 46.5. The second kappa shape index (κ2) is 9.33. The quantitative estimate of drug-likeness (QED) is 0.480. The summed E-state index contributed by atoms with van der Waals surface area (Å²) in [6.07, 6.45) is 0. The maximum Gasteiger partial charge on any atom is 0.323 e. The van der Waals surface area contributed by atoms with Crippen molar-refractivity contribution in [2.75, 3.05) is 26.8 Å². The van der Waals surface area contributed by atoms with Gasteiger partial charge in [0.25, 0.3) is 11.6 Å². The van der Waals surface area contributed by atoms with Crippen LogP contribution in [0.4, 0.5) is 5.69 Å². The van der Waals surface area contributed by atoms with Gasteiger partial charge in [0, 0.05) is 31.4 Å². The number of rotatable bonds is 9. The van der Waals surface area contributed by atoms with Crippen molar-refractivity contribution >= 4 is 23.5 Å². The monoisotopic (exact) mass is 353 g/mol. The average Bonchev–Trinajstić information content (AvgIpc) is 2.57. The molecule has 10 nitrogen and oxygen atoms in total. The van der Waals surface area contributed by atoms with Gasteiger partial charge in [-0.05, 0) is 13.0 Å². The molecule has 136 valence electrons. The number of carbonyl (C=O) groups is 3. The fourth-order valence-electron chi connectivity index (χ4n) is 2.01. The minimum atomic E-state index is -1.19. The Labute approximate surface area is 143 Å². The maximum absolute atomic E-state index is 12.3. The highest BCUT2D eigenvalue weighted by atomic mass is 16.6. The van der Waals surface area contributed by atoms with Gasteiger partial charge < -0.3 is 20.1 Å². The van der Waals surface area contributed by atoms with E-state index < -0.39 is 35.3 Å². The second-order valence-electron chi connectivity index (χ2n) is 5.15. The number of hydrogen-bond acceptors (Lipinski definition) is 6. The van der Waals surface area contributed by atoms with Crippen LogP contribution in [-0.2, 0) is 14.3 Å². The summed E-state index contributed by atoms with van der Waals surface area (Å²) >= 11 is 0. The van der Waals surface area contributed by atoms with Crippen LogP contribution in [0, 0.1) is 10.1 Å². The number of nitrogens with zero attached hydrogens (tertiary/aromatic N) is 2. The topological polar surface area (TPSA) is 139 Å². The Kier molecular flexibility index (Phi) is 7.47. The number of ether oxygens (including phenoxy) is 1. The number of nitro groups is 1. The number of hydrogen-bond donors (Lipinski definition) is 2. The average molecular weight is 353 g/mol. The van der Waals surface area contributed by atoms with E-state index in [1.807, 2.05) is 0 Å². The third-order valence-corrected chi connectivity index (χ3v) is 3.24. The normalized spacial score (nSPS) is 11.4. The molecule has 0 spiro atoms. The molecule has 0 aromatic heterocycles. The Morgan fingerprint density at radius 2 is 2.08 bits per heavy atom. The molecule has 0 aliphatic rings. The van der Waals surface area contributed by atoms with Crippen LogP contribution in [0.25, 0.3) is 0 Å². The summed E-state index contributed by atoms with van der Waals surface area (Å²) in [5.41, 5.74) is -0.227. The van der Waals surface area contributed by atoms with Crippen molar-refractivity contribution in [3.05, 3.63) is 39.9 Å². The van der Waals surface area contributed by atoms with E-state index >= 15 is 0 Å². The molecule has 0 radical (unpaired) electrons. The zero-order chi connectivity index (χ0) is 19.0. The SMILES string of the molecule is COCCN(CC(=O)O)C(=O)C(C)NC(=O)c1cccc([N+](=O)[O-])c1. The predicted octanol–water partition coefficient (Wildman–Crippen LogP) is 0.273. The first-order valence-electron chi connectivity index (χ1n) is 7.31. The summed E-state index contributed by atoms with van der Waals surface area (Å²) in [5.74, 6) is -2.47. The molecule has 0 fully saturated rings. The van der Waals surface area contributed by atoms with Gasteiger partial charge in [0.1, 0.15) is 12.6 Å². The van der Waals surface area contributed by atoms with Gasteiger partial charge in [-0.2, -0.15) is 0 Å². The lowest BCUT2D eigenvalue weighted by atomic mass is 10.1. The fourth-order valence-corrected chi connectivity index (χ4v) is 2.01. The Hall–Kier alpha value is -3.01. The molecule has 1 aromatic rings. The molecule has 1 atom stereocenters. The van der Waals surface area contributed by atoms with Crippen molar-refractivity contribution < 1.29 is 29.2 Å². The van der Waals surface area contributed by atoms with Crippen LogP contribution < -0.4 is 5.32 Å². The van der Waals surface area contributed by atoms with Crippen LogP contribution in [0.3, 0.4) is 0 Å². The van der Waals surface area contributed by atoms with E-state index in [1.54, 1.807) is 0 Å². The molecule has 0 heterocycles. The number of carboxylic acids is 1. The van der Waals surface area contributed by atoms with E-state index in [0.717, 1.165) is 11.0 Å². The molecule has 0 aliphatic carbocycles. The molecular formula is C15H19N3O7. The van der Waals surface area contributed by atoms with Crippen molar-refractivity contribution in [2.24, 2.45) is 0 Å². The van der Waals surface area contributed by atoms with Crippen molar-refractivity contribution in [3.63, 3.8) is 0 Å². The van der Waals surface area contributed by atoms with Crippen LogP contribution in [0.2, 0.25) is 0 Å². The second-order valence-corrected chi connectivity index (χ2v) is 5.15. The van der Waals surface area contributed by atoms with E-state index in [-0.39, 0.29) is 24.4 Å². The van der Waals surface area contributed by atoms with E-state index in [0.29, 0.717) is 0 Å². The summed E-state index contributed by atoms with van der Waals surface area (Å²) in [6, 6.07) is 4.05. The number of carbonyl (C=O) groups excluding carboxylic acids is 2. The first kappa shape index (κ1) is 20.0. The number of benzene rings is 1. The van der Waals surface area contributed by atoms with Crippen molar-refractivity contribution in [3.8, 4) is 0 Å². The van der Waals surface area contributed by atoms with Gasteiger partial charge in [-0.25, -0.2) is 0 Å². The Balaban J connectivity index is 2.80. The smallest absolute Gasteiger partial charge is 0.323 e. The number of amides is 2. The van der Waals surface area contributed by atoms with Crippen molar-refractivity contribution in [1.82, 2.24) is 10.2 Å². The lowest BCUT2D eigenvalue weighted by molar-refractivity contribution is -0.384. The molecule has 0 saturated carbocycles. The molecule has 10 heteroatoms. The van der Waals surface area contributed by atoms with E-state index in [2.05, 4.69) is 5.32 Å². The molecule has 2 N–H and O–H groups in total. The first-order chi connectivity index (χ1) is 11.8. The van der Waals surface area contributed by atoms with E-state index in [9.17, 15) is 24.5 Å². The molecule has 2 amide bonds. The molecule has 1 aromatic carbocycles. The van der Waals surface area contributed by atoms with Gasteiger partial charge in [0.15, 0.2) is 0 Å². The summed E-state index contributed by atoms with van der Waals surface area (Å²) in [5, 5.41) is 22.0. The minimum Gasteiger partial charge on any atom is -0.480 e. The van der Waals surface area contributed by atoms with Gasteiger partial charge >= 0.3 is 5.97 Å². The third-order valence-electron chi connectivity index (χ3n) is 3.24. The molecule has 1 rings (SSSR count). The molecular weight excluding hydrogens is 334 g/mol. The number of methoxy groups -OCH3 is 1. The molecule has 25 heavy (non-hydrogen) atoms. The van der Waals surface area contributed by atoms with Crippen molar-refractivity contribution in [1.29, 1.82) is 0 Å². The number of nitrogens with one attached hydrogen (secondary N) is 1. The molecule has 0 aliphatic heterocycles. The van der Waals surface area contributed by atoms with Crippen LogP contribution in [0.5, 0.6) is 0 Å². The maximum atomic E-state index is 12.3. The van der Waals surface area contributed by atoms with Crippen LogP contribution in [0.15, 0.2) is 24.3 Å². The summed E-state index contributed by atoms with van der Waals surface area (Å²) in [6.45, 7) is 1.07. The number of aliphatic carboxylic acids is 1. The van der Waals surface area contributed by atoms with E-state index in [4.69, 9.17) is 9.84 Å². The number of non-ortho nitro benzene ring substituents is 1. The summed E-state index contributed by atoms with van der Waals surface area (Å²) in [7, 11) is 1.41. The zero-order valence-corrected chi connectivity index (χ0v) is 13.8. The van der Waals surface area contributed by atoms with Gasteiger partial charge in [-0.3, -0.25) is 24.5 Å². The number of carboxylic acid groups (broad SMARTS) is 1. The van der Waals surface area contributed by atoms with Crippen molar-refractivity contribution in [2.45, 2.75) is 13.0 Å². The third kappa shape index (κ3) is 6.18. The largest absolute Gasteiger partial charge is 0.480 e. The standard InChI is InChI=1S/C15H19N3O7/c1-10(15(22)17(6-7-25-2)9-13(19)20)16-14(21)11-4-3-5-12(8-11)18(23)24/h3-5,8,10H,6-7,9H2,1-2H3,(H,16,21)(H,19,20). The van der Waals surface area contributed by atoms with Crippen LogP contribution >= 0.6 is 0 Å². The highest BCUT2D eigenvalue weighted by molar-refractivity contribution is 5.98. The van der Waals surface area contributed by atoms with Crippen LogP contribution in [-0.4, -0.2) is 65.6 Å². The molecule has 0 bridgehead atoms. The zero-order valence-electron chi connectivity index (χ0n) is 13.8. The Bertz CT molecular complexity index is 662. The first-order valence-corrected chi connectivity index (χ1v) is 7.31. The Morgan fingerprint density at radius 1 is 1.40 bits per heavy atom. The van der Waals surface area contributed by atoms with Gasteiger partial charge in [-0.1, -0.05) is 6.07 Å². The minimum absolute atomic E-state index is 0.0236. The van der Waals surface area contributed by atoms with Gasteiger partial charge in [0.05, 0.1) is 11.5 Å².